The summed E-state index contributed by atoms with van der Waals surface area (Å²) in [5, 5.41) is 19.1. The zero-order chi connectivity index (χ0) is 25.0. The molecule has 0 bridgehead atoms. The summed E-state index contributed by atoms with van der Waals surface area (Å²) in [5.74, 6) is -0.736. The van der Waals surface area contributed by atoms with Crippen molar-refractivity contribution in [3.8, 4) is 16.9 Å². The lowest BCUT2D eigenvalue weighted by Gasteiger charge is -2.36. The number of aromatic amines is 1. The number of carbonyl (C=O) groups is 2. The Labute approximate surface area is 199 Å². The summed E-state index contributed by atoms with van der Waals surface area (Å²) in [7, 11) is 0. The maximum absolute atomic E-state index is 13.0. The van der Waals surface area contributed by atoms with Crippen LogP contribution in [0.25, 0.3) is 11.1 Å². The molecule has 1 aromatic carbocycles. The van der Waals surface area contributed by atoms with Gasteiger partial charge in [-0.3, -0.25) is 19.7 Å². The van der Waals surface area contributed by atoms with E-state index < -0.39 is 17.6 Å². The van der Waals surface area contributed by atoms with Gasteiger partial charge >= 0.3 is 6.18 Å². The first-order valence-corrected chi connectivity index (χ1v) is 11.2. The zero-order valence-electron chi connectivity index (χ0n) is 18.7. The molecule has 0 radical (unpaired) electrons. The second kappa shape index (κ2) is 10.2. The van der Waals surface area contributed by atoms with E-state index in [0.717, 1.165) is 25.0 Å². The zero-order valence-corrected chi connectivity index (χ0v) is 18.7. The minimum Gasteiger partial charge on any atom is -0.506 e. The number of aromatic hydroxyl groups is 1. The lowest BCUT2D eigenvalue weighted by atomic mass is 9.94. The number of pyridine rings is 1. The molecule has 8 nitrogen and oxygen atoms in total. The summed E-state index contributed by atoms with van der Waals surface area (Å²) < 4.78 is 38.8. The van der Waals surface area contributed by atoms with Crippen molar-refractivity contribution in [1.82, 2.24) is 25.4 Å². The summed E-state index contributed by atoms with van der Waals surface area (Å²) in [6, 6.07) is 5.84. The quantitative estimate of drug-likeness (QED) is 0.486. The van der Waals surface area contributed by atoms with Crippen molar-refractivity contribution in [2.75, 3.05) is 13.1 Å². The van der Waals surface area contributed by atoms with Gasteiger partial charge in [-0.15, -0.1) is 0 Å². The number of nitrogens with zero attached hydrogens (tertiary/aromatic N) is 3. The average molecular weight is 487 g/mol. The second-order valence-corrected chi connectivity index (χ2v) is 8.31. The summed E-state index contributed by atoms with van der Waals surface area (Å²) in [6.45, 7) is 0.630. The lowest BCUT2D eigenvalue weighted by Crippen LogP contribution is -2.40. The largest absolute Gasteiger partial charge is 0.506 e. The van der Waals surface area contributed by atoms with E-state index in [1.54, 1.807) is 11.1 Å². The van der Waals surface area contributed by atoms with Gasteiger partial charge in [0.1, 0.15) is 5.75 Å². The van der Waals surface area contributed by atoms with E-state index in [1.807, 2.05) is 0 Å². The van der Waals surface area contributed by atoms with Gasteiger partial charge < -0.3 is 15.3 Å². The number of H-pyrrole nitrogens is 1. The highest BCUT2D eigenvalue weighted by Crippen LogP contribution is 2.37. The molecule has 0 spiro atoms. The van der Waals surface area contributed by atoms with E-state index in [4.69, 9.17) is 0 Å². The van der Waals surface area contributed by atoms with Crippen molar-refractivity contribution < 1.29 is 27.9 Å². The maximum atomic E-state index is 13.0. The van der Waals surface area contributed by atoms with Crippen LogP contribution in [-0.2, 0) is 11.0 Å². The SMILES string of the molecule is O=C(NCCC(=O)N1CCCC[C@H]1c1[nH]ncc1-c1ccc(C(F)(F)F)cc1)c1cncc(O)c1. The lowest BCUT2D eigenvalue weighted by molar-refractivity contribution is -0.137. The third-order valence-electron chi connectivity index (χ3n) is 5.96. The number of aromatic nitrogens is 3. The molecule has 3 heterocycles. The van der Waals surface area contributed by atoms with E-state index in [-0.39, 0.29) is 36.2 Å². The fourth-order valence-corrected chi connectivity index (χ4v) is 4.23. The minimum absolute atomic E-state index is 0.0677. The van der Waals surface area contributed by atoms with Crippen molar-refractivity contribution in [3.05, 3.63) is 65.7 Å². The molecule has 2 aromatic heterocycles. The fraction of sp³-hybridized carbons (Fsp3) is 0.333. The normalized spacial score (nSPS) is 16.2. The number of halogens is 3. The number of alkyl halides is 3. The molecule has 1 atom stereocenters. The monoisotopic (exact) mass is 487 g/mol. The van der Waals surface area contributed by atoms with Gasteiger partial charge in [-0.1, -0.05) is 12.1 Å². The number of benzene rings is 1. The molecule has 3 N–H and O–H groups in total. The Morgan fingerprint density at radius 3 is 2.63 bits per heavy atom. The molecule has 11 heteroatoms. The smallest absolute Gasteiger partial charge is 0.416 e. The number of hydrogen-bond acceptors (Lipinski definition) is 5. The number of likely N-dealkylation sites (tertiary alicyclic amines) is 1. The second-order valence-electron chi connectivity index (χ2n) is 8.31. The highest BCUT2D eigenvalue weighted by molar-refractivity contribution is 5.94. The predicted molar refractivity (Wildman–Crippen MR) is 120 cm³/mol. The third-order valence-corrected chi connectivity index (χ3v) is 5.96. The molecule has 0 unspecified atom stereocenters. The molecule has 1 fully saturated rings. The first-order chi connectivity index (χ1) is 16.7. The fourth-order valence-electron chi connectivity index (χ4n) is 4.23. The topological polar surface area (TPSA) is 111 Å². The van der Waals surface area contributed by atoms with Gasteiger partial charge in [-0.05, 0) is 43.0 Å². The van der Waals surface area contributed by atoms with Gasteiger partial charge in [-0.25, -0.2) is 0 Å². The average Bonchev–Trinajstić information content (AvgIpc) is 3.33. The van der Waals surface area contributed by atoms with Crippen LogP contribution in [0.3, 0.4) is 0 Å². The van der Waals surface area contributed by atoms with E-state index in [2.05, 4.69) is 20.5 Å². The van der Waals surface area contributed by atoms with E-state index >= 15 is 0 Å². The molecular formula is C24H24F3N5O3. The molecular weight excluding hydrogens is 463 g/mol. The number of hydrogen-bond donors (Lipinski definition) is 3. The van der Waals surface area contributed by atoms with Gasteiger partial charge in [0.15, 0.2) is 0 Å². The molecule has 1 aliphatic heterocycles. The molecule has 1 saturated heterocycles. The standard InChI is InChI=1S/C24H24F3N5O3/c25-24(26,27)17-6-4-15(5-7-17)19-14-30-31-22(19)20-3-1-2-10-32(20)21(34)8-9-29-23(35)16-11-18(33)13-28-12-16/h4-7,11-14,20,33H,1-3,8-10H2,(H,29,35)(H,30,31)/t20-/m0/s1. The van der Waals surface area contributed by atoms with Crippen LogP contribution >= 0.6 is 0 Å². The van der Waals surface area contributed by atoms with Gasteiger partial charge in [0.2, 0.25) is 5.91 Å². The highest BCUT2D eigenvalue weighted by Gasteiger charge is 2.32. The van der Waals surface area contributed by atoms with Gasteiger partial charge in [0.25, 0.3) is 5.91 Å². The van der Waals surface area contributed by atoms with Gasteiger partial charge in [0, 0.05) is 31.3 Å². The molecule has 35 heavy (non-hydrogen) atoms. The van der Waals surface area contributed by atoms with Crippen LogP contribution in [0.2, 0.25) is 0 Å². The first kappa shape index (κ1) is 24.2. The van der Waals surface area contributed by atoms with Crippen molar-refractivity contribution in [2.24, 2.45) is 0 Å². The molecule has 184 valence electrons. The Hall–Kier alpha value is -3.89. The number of carbonyl (C=O) groups excluding carboxylic acids is 2. The number of piperidine rings is 1. The molecule has 3 aromatic rings. The van der Waals surface area contributed by atoms with E-state index in [1.165, 1.54) is 30.6 Å². The van der Waals surface area contributed by atoms with Crippen LogP contribution in [0, 0.1) is 0 Å². The van der Waals surface area contributed by atoms with E-state index in [0.29, 0.717) is 29.8 Å². The Morgan fingerprint density at radius 1 is 1.14 bits per heavy atom. The van der Waals surface area contributed by atoms with E-state index in [9.17, 15) is 27.9 Å². The van der Waals surface area contributed by atoms with Crippen molar-refractivity contribution in [3.63, 3.8) is 0 Å². The number of nitrogens with one attached hydrogen (secondary N) is 2. The number of rotatable bonds is 6. The minimum atomic E-state index is -4.42. The van der Waals surface area contributed by atoms with Crippen molar-refractivity contribution in [1.29, 1.82) is 0 Å². The van der Waals surface area contributed by atoms with Crippen LogP contribution < -0.4 is 5.32 Å². The van der Waals surface area contributed by atoms with Crippen LogP contribution in [0.15, 0.2) is 48.9 Å². The van der Waals surface area contributed by atoms with Crippen LogP contribution in [0.1, 0.15) is 53.3 Å². The van der Waals surface area contributed by atoms with Crippen LogP contribution in [0.5, 0.6) is 5.75 Å². The number of amides is 2. The van der Waals surface area contributed by atoms with Crippen molar-refractivity contribution >= 4 is 11.8 Å². The predicted octanol–water partition coefficient (Wildman–Crippen LogP) is 4.07. The summed E-state index contributed by atoms with van der Waals surface area (Å²) in [5.41, 5.74) is 1.35. The Bertz CT molecular complexity index is 1190. The van der Waals surface area contributed by atoms with Crippen LogP contribution in [0.4, 0.5) is 13.2 Å². The molecule has 4 rings (SSSR count). The molecule has 0 aliphatic carbocycles. The summed E-state index contributed by atoms with van der Waals surface area (Å²) in [6.07, 6.45) is 2.13. The summed E-state index contributed by atoms with van der Waals surface area (Å²) in [4.78, 5) is 30.8. The molecule has 1 aliphatic rings. The van der Waals surface area contributed by atoms with Crippen LogP contribution in [-0.4, -0.2) is 50.1 Å². The Balaban J connectivity index is 1.44. The molecule has 2 amide bonds. The third kappa shape index (κ3) is 5.61. The summed E-state index contributed by atoms with van der Waals surface area (Å²) >= 11 is 0. The van der Waals surface area contributed by atoms with Gasteiger partial charge in [-0.2, -0.15) is 18.3 Å². The Morgan fingerprint density at radius 2 is 1.91 bits per heavy atom. The first-order valence-electron chi connectivity index (χ1n) is 11.2. The van der Waals surface area contributed by atoms with Crippen molar-refractivity contribution in [2.45, 2.75) is 37.9 Å². The maximum Gasteiger partial charge on any atom is 0.416 e. The molecule has 0 saturated carbocycles. The highest BCUT2D eigenvalue weighted by atomic mass is 19.4. The van der Waals surface area contributed by atoms with Gasteiger partial charge in [0.05, 0.1) is 35.3 Å². The Kier molecular flexibility index (Phi) is 7.04.